The van der Waals surface area contributed by atoms with E-state index < -0.39 is 5.54 Å². The number of hydrogen-bond acceptors (Lipinski definition) is 5. The van der Waals surface area contributed by atoms with Crippen LogP contribution in [0.1, 0.15) is 66.6 Å². The lowest BCUT2D eigenvalue weighted by Gasteiger charge is -2.22. The molecule has 0 bridgehead atoms. The van der Waals surface area contributed by atoms with E-state index in [-0.39, 0.29) is 24.4 Å². The molecule has 0 radical (unpaired) electrons. The molecule has 0 spiro atoms. The van der Waals surface area contributed by atoms with Crippen LogP contribution in [0.5, 0.6) is 0 Å². The molecule has 2 aromatic rings. The summed E-state index contributed by atoms with van der Waals surface area (Å²) in [6.45, 7) is 0.634. The van der Waals surface area contributed by atoms with Crippen molar-refractivity contribution >= 4 is 41.5 Å². The number of halogens is 3. The van der Waals surface area contributed by atoms with Gasteiger partial charge in [-0.25, -0.2) is 0 Å². The fourth-order valence-corrected chi connectivity index (χ4v) is 4.16. The largest absolute Gasteiger partial charge is 0.337 e. The molecule has 2 heterocycles. The fraction of sp³-hybridized carbons (Fsp3) is 0.500. The second-order valence-corrected chi connectivity index (χ2v) is 7.92. The number of amides is 1. The Labute approximate surface area is 173 Å². The van der Waals surface area contributed by atoms with Crippen LogP contribution in [-0.4, -0.2) is 27.5 Å². The van der Waals surface area contributed by atoms with Crippen LogP contribution < -0.4 is 5.73 Å². The molecule has 4 rings (SSSR count). The first-order chi connectivity index (χ1) is 12.5. The number of aromatic nitrogens is 2. The van der Waals surface area contributed by atoms with Gasteiger partial charge in [-0.1, -0.05) is 41.2 Å². The minimum Gasteiger partial charge on any atom is -0.337 e. The van der Waals surface area contributed by atoms with Crippen LogP contribution in [0.25, 0.3) is 0 Å². The molecule has 6 nitrogen and oxygen atoms in total. The predicted molar refractivity (Wildman–Crippen MR) is 105 cm³/mol. The summed E-state index contributed by atoms with van der Waals surface area (Å²) < 4.78 is 5.50. The van der Waals surface area contributed by atoms with E-state index in [1.165, 1.54) is 0 Å². The van der Waals surface area contributed by atoms with Crippen LogP contribution in [0, 0.1) is 0 Å². The van der Waals surface area contributed by atoms with Gasteiger partial charge < -0.3 is 15.2 Å². The van der Waals surface area contributed by atoms with Crippen molar-refractivity contribution in [2.45, 2.75) is 50.1 Å². The van der Waals surface area contributed by atoms with Crippen molar-refractivity contribution in [3.05, 3.63) is 45.5 Å². The molecular weight excluding hydrogens is 411 g/mol. The summed E-state index contributed by atoms with van der Waals surface area (Å²) >= 11 is 12.0. The molecule has 2 aliphatic rings. The van der Waals surface area contributed by atoms with Gasteiger partial charge in [0.15, 0.2) is 5.82 Å². The molecule has 1 aromatic carbocycles. The van der Waals surface area contributed by atoms with Crippen LogP contribution in [0.4, 0.5) is 0 Å². The van der Waals surface area contributed by atoms with Crippen molar-refractivity contribution in [1.29, 1.82) is 0 Å². The van der Waals surface area contributed by atoms with Crippen LogP contribution in [0.15, 0.2) is 22.7 Å². The molecule has 2 N–H and O–H groups in total. The lowest BCUT2D eigenvalue weighted by molar-refractivity contribution is 0.0710. The SMILES string of the molecule is Cl.NC1(c2noc(C3CCCN3C(=O)c3ccc(Cl)c(Cl)c3)n2)CCCC1. The van der Waals surface area contributed by atoms with Gasteiger partial charge in [-0.3, -0.25) is 4.79 Å². The maximum absolute atomic E-state index is 12.9. The molecule has 1 unspecified atom stereocenters. The lowest BCUT2D eigenvalue weighted by Crippen LogP contribution is -2.34. The monoisotopic (exact) mass is 430 g/mol. The highest BCUT2D eigenvalue weighted by Crippen LogP contribution is 2.37. The summed E-state index contributed by atoms with van der Waals surface area (Å²) in [4.78, 5) is 19.2. The van der Waals surface area contributed by atoms with Crippen LogP contribution in [0.3, 0.4) is 0 Å². The standard InChI is InChI=1S/C18H20Cl2N4O2.ClH/c19-12-6-5-11(10-13(12)20)16(25)24-9-3-4-14(24)15-22-17(23-26-15)18(21)7-1-2-8-18;/h5-6,10,14H,1-4,7-9,21H2;1H. The number of rotatable bonds is 3. The van der Waals surface area contributed by atoms with E-state index in [2.05, 4.69) is 10.1 Å². The highest BCUT2D eigenvalue weighted by Gasteiger charge is 2.39. The summed E-state index contributed by atoms with van der Waals surface area (Å²) in [5, 5.41) is 4.90. The predicted octanol–water partition coefficient (Wildman–Crippen LogP) is 4.50. The molecule has 27 heavy (non-hydrogen) atoms. The minimum atomic E-state index is -0.501. The molecule has 146 valence electrons. The van der Waals surface area contributed by atoms with Crippen molar-refractivity contribution in [3.63, 3.8) is 0 Å². The number of benzene rings is 1. The van der Waals surface area contributed by atoms with E-state index in [9.17, 15) is 4.79 Å². The van der Waals surface area contributed by atoms with Crippen molar-refractivity contribution in [3.8, 4) is 0 Å². The Balaban J connectivity index is 0.00000210. The summed E-state index contributed by atoms with van der Waals surface area (Å²) in [6, 6.07) is 4.67. The Morgan fingerprint density at radius 2 is 1.96 bits per heavy atom. The Bertz CT molecular complexity index is 836. The van der Waals surface area contributed by atoms with Crippen LogP contribution in [0.2, 0.25) is 10.0 Å². The van der Waals surface area contributed by atoms with Crippen LogP contribution >= 0.6 is 35.6 Å². The summed E-state index contributed by atoms with van der Waals surface area (Å²) in [6.07, 6.45) is 5.54. The van der Waals surface area contributed by atoms with E-state index >= 15 is 0 Å². The maximum atomic E-state index is 12.9. The second-order valence-electron chi connectivity index (χ2n) is 7.10. The lowest BCUT2D eigenvalue weighted by atomic mass is 9.98. The Morgan fingerprint density at radius 3 is 2.67 bits per heavy atom. The van der Waals surface area contributed by atoms with Gasteiger partial charge in [0.25, 0.3) is 5.91 Å². The van der Waals surface area contributed by atoms with Crippen molar-refractivity contribution in [2.75, 3.05) is 6.54 Å². The molecule has 1 atom stereocenters. The van der Waals surface area contributed by atoms with Gasteiger partial charge in [0, 0.05) is 12.1 Å². The van der Waals surface area contributed by atoms with Gasteiger partial charge in [-0.2, -0.15) is 4.98 Å². The summed E-state index contributed by atoms with van der Waals surface area (Å²) in [7, 11) is 0. The molecule has 2 fully saturated rings. The smallest absolute Gasteiger partial charge is 0.254 e. The third-order valence-corrected chi connectivity index (χ3v) is 6.09. The third-order valence-electron chi connectivity index (χ3n) is 5.35. The zero-order valence-corrected chi connectivity index (χ0v) is 17.0. The first-order valence-electron chi connectivity index (χ1n) is 8.87. The zero-order valence-electron chi connectivity index (χ0n) is 14.7. The minimum absolute atomic E-state index is 0. The third kappa shape index (κ3) is 3.81. The van der Waals surface area contributed by atoms with Gasteiger partial charge in [0.2, 0.25) is 5.89 Å². The second kappa shape index (κ2) is 7.95. The Kier molecular flexibility index (Phi) is 6.01. The van der Waals surface area contributed by atoms with Crippen molar-refractivity contribution < 1.29 is 9.32 Å². The first-order valence-corrected chi connectivity index (χ1v) is 9.62. The number of likely N-dealkylation sites (tertiary alicyclic amines) is 1. The normalized spacial score (nSPS) is 21.3. The summed E-state index contributed by atoms with van der Waals surface area (Å²) in [5.74, 6) is 0.899. The van der Waals surface area contributed by atoms with Gasteiger partial charge in [-0.05, 0) is 43.9 Å². The van der Waals surface area contributed by atoms with Gasteiger partial charge in [-0.15, -0.1) is 12.4 Å². The zero-order chi connectivity index (χ0) is 18.3. The van der Waals surface area contributed by atoms with E-state index in [0.29, 0.717) is 33.9 Å². The highest BCUT2D eigenvalue weighted by atomic mass is 35.5. The molecule has 1 aliphatic carbocycles. The quantitative estimate of drug-likeness (QED) is 0.773. The topological polar surface area (TPSA) is 85.2 Å². The van der Waals surface area contributed by atoms with E-state index in [0.717, 1.165) is 38.5 Å². The molecular formula is C18H21Cl3N4O2. The van der Waals surface area contributed by atoms with Gasteiger partial charge in [0.1, 0.15) is 6.04 Å². The number of carbonyl (C=O) groups is 1. The summed E-state index contributed by atoms with van der Waals surface area (Å²) in [5.41, 5.74) is 6.41. The Hall–Kier alpha value is -1.34. The molecule has 9 heteroatoms. The van der Waals surface area contributed by atoms with Gasteiger partial charge in [0.05, 0.1) is 15.6 Å². The van der Waals surface area contributed by atoms with E-state index in [1.54, 1.807) is 23.1 Å². The number of carbonyl (C=O) groups excluding carboxylic acids is 1. The van der Waals surface area contributed by atoms with E-state index in [1.807, 2.05) is 0 Å². The molecule has 1 aliphatic heterocycles. The average Bonchev–Trinajstić information content (AvgIpc) is 3.36. The molecule has 1 saturated carbocycles. The van der Waals surface area contributed by atoms with Crippen LogP contribution in [-0.2, 0) is 5.54 Å². The molecule has 1 aromatic heterocycles. The highest BCUT2D eigenvalue weighted by molar-refractivity contribution is 6.42. The first kappa shape index (κ1) is 20.4. The van der Waals surface area contributed by atoms with Crippen molar-refractivity contribution in [1.82, 2.24) is 15.0 Å². The molecule has 1 amide bonds. The van der Waals surface area contributed by atoms with E-state index in [4.69, 9.17) is 33.5 Å². The van der Waals surface area contributed by atoms with Crippen molar-refractivity contribution in [2.24, 2.45) is 5.73 Å². The average molecular weight is 432 g/mol. The number of nitrogens with zero attached hydrogens (tertiary/aromatic N) is 3. The Morgan fingerprint density at radius 1 is 1.22 bits per heavy atom. The fourth-order valence-electron chi connectivity index (χ4n) is 3.86. The maximum Gasteiger partial charge on any atom is 0.254 e. The number of hydrogen-bond donors (Lipinski definition) is 1. The van der Waals surface area contributed by atoms with Gasteiger partial charge >= 0.3 is 0 Å². The molecule has 1 saturated heterocycles. The number of nitrogens with two attached hydrogens (primary N) is 1.